The summed E-state index contributed by atoms with van der Waals surface area (Å²) >= 11 is 1.03. The third-order valence-corrected chi connectivity index (χ3v) is 9.41. The second kappa shape index (κ2) is 9.04. The fourth-order valence-electron chi connectivity index (χ4n) is 4.75. The van der Waals surface area contributed by atoms with E-state index in [4.69, 9.17) is 0 Å². The van der Waals surface area contributed by atoms with Gasteiger partial charge in [0.05, 0.1) is 15.1 Å². The van der Waals surface area contributed by atoms with Crippen molar-refractivity contribution in [2.45, 2.75) is 50.1 Å². The van der Waals surface area contributed by atoms with Gasteiger partial charge < -0.3 is 4.90 Å². The summed E-state index contributed by atoms with van der Waals surface area (Å²) in [7, 11) is -3.67. The van der Waals surface area contributed by atoms with E-state index < -0.39 is 10.0 Å². The van der Waals surface area contributed by atoms with Crippen LogP contribution in [0.1, 0.15) is 36.8 Å². The van der Waals surface area contributed by atoms with Crippen LogP contribution in [-0.4, -0.2) is 47.7 Å². The molecule has 2 aliphatic heterocycles. The van der Waals surface area contributed by atoms with Gasteiger partial charge in [-0.15, -0.1) is 0 Å². The summed E-state index contributed by atoms with van der Waals surface area (Å²) in [6.45, 7) is 2.68. The number of carbonyl (C=O) groups is 1. The number of hydrogen-bond acceptors (Lipinski definition) is 5. The first-order valence-electron chi connectivity index (χ1n) is 11.4. The molecular formula is C24H27N3O4S2. The van der Waals surface area contributed by atoms with Crippen molar-refractivity contribution in [3.05, 3.63) is 63.3 Å². The van der Waals surface area contributed by atoms with Gasteiger partial charge in [0.15, 0.2) is 0 Å². The molecule has 5 rings (SSSR count). The molecule has 0 unspecified atom stereocenters. The molecule has 0 spiro atoms. The van der Waals surface area contributed by atoms with Crippen LogP contribution in [0.2, 0.25) is 0 Å². The SMILES string of the molecule is O=C(CCn1c(=O)sc2cc(S(=O)(=O)N3CCc4ccccc4C3)ccc21)N1CCCCC1. The van der Waals surface area contributed by atoms with E-state index >= 15 is 0 Å². The third kappa shape index (κ3) is 4.37. The molecule has 3 heterocycles. The number of nitrogens with zero attached hydrogens (tertiary/aromatic N) is 3. The standard InChI is InChI=1S/C24H27N3O4S2/c28-23(25-12-4-1-5-13-25)11-15-27-21-9-8-20(16-22(21)32-24(27)29)33(30,31)26-14-10-18-6-2-3-7-19(18)17-26/h2-3,6-9,16H,1,4-5,10-15,17H2. The summed E-state index contributed by atoms with van der Waals surface area (Å²) in [5.41, 5.74) is 2.90. The normalized spacial score (nSPS) is 17.3. The van der Waals surface area contributed by atoms with Crippen LogP contribution in [0.3, 0.4) is 0 Å². The smallest absolute Gasteiger partial charge is 0.308 e. The number of fused-ring (bicyclic) bond motifs is 2. The summed E-state index contributed by atoms with van der Waals surface area (Å²) in [4.78, 5) is 27.1. The van der Waals surface area contributed by atoms with Gasteiger partial charge in [-0.3, -0.25) is 14.2 Å². The van der Waals surface area contributed by atoms with Gasteiger partial charge in [-0.1, -0.05) is 35.6 Å². The fraction of sp³-hybridized carbons (Fsp3) is 0.417. The number of benzene rings is 2. The van der Waals surface area contributed by atoms with Crippen molar-refractivity contribution < 1.29 is 13.2 Å². The van der Waals surface area contributed by atoms with E-state index in [0.29, 0.717) is 36.3 Å². The van der Waals surface area contributed by atoms with Gasteiger partial charge in [0.1, 0.15) is 0 Å². The molecule has 3 aromatic rings. The van der Waals surface area contributed by atoms with Gasteiger partial charge in [0.25, 0.3) is 0 Å². The first-order valence-corrected chi connectivity index (χ1v) is 13.7. The molecule has 2 aliphatic rings. The molecule has 0 saturated carbocycles. The highest BCUT2D eigenvalue weighted by Gasteiger charge is 2.29. The minimum atomic E-state index is -3.67. The largest absolute Gasteiger partial charge is 0.343 e. The highest BCUT2D eigenvalue weighted by molar-refractivity contribution is 7.89. The number of aromatic nitrogens is 1. The number of carbonyl (C=O) groups excluding carboxylic acids is 1. The van der Waals surface area contributed by atoms with Crippen LogP contribution in [0.15, 0.2) is 52.2 Å². The quantitative estimate of drug-likeness (QED) is 0.556. The molecule has 0 N–H and O–H groups in total. The first kappa shape index (κ1) is 22.3. The number of sulfonamides is 1. The number of rotatable bonds is 5. The molecule has 174 valence electrons. The molecule has 1 aromatic heterocycles. The number of thiazole rings is 1. The van der Waals surface area contributed by atoms with Gasteiger partial charge in [-0.2, -0.15) is 4.31 Å². The van der Waals surface area contributed by atoms with Crippen molar-refractivity contribution >= 4 is 37.5 Å². The minimum absolute atomic E-state index is 0.0746. The molecule has 0 bridgehead atoms. The Kier molecular flexibility index (Phi) is 6.11. The van der Waals surface area contributed by atoms with E-state index in [1.165, 1.54) is 9.87 Å². The Balaban J connectivity index is 1.36. The van der Waals surface area contributed by atoms with Gasteiger partial charge in [-0.05, 0) is 55.0 Å². The van der Waals surface area contributed by atoms with Crippen molar-refractivity contribution in [1.82, 2.24) is 13.8 Å². The van der Waals surface area contributed by atoms with Crippen LogP contribution >= 0.6 is 11.3 Å². The van der Waals surface area contributed by atoms with Crippen molar-refractivity contribution in [2.75, 3.05) is 19.6 Å². The number of amides is 1. The van der Waals surface area contributed by atoms with E-state index in [2.05, 4.69) is 0 Å². The van der Waals surface area contributed by atoms with Crippen molar-refractivity contribution in [3.63, 3.8) is 0 Å². The second-order valence-electron chi connectivity index (χ2n) is 8.70. The number of aryl methyl sites for hydroxylation is 1. The molecule has 0 radical (unpaired) electrons. The van der Waals surface area contributed by atoms with E-state index in [9.17, 15) is 18.0 Å². The van der Waals surface area contributed by atoms with Crippen LogP contribution in [0.4, 0.5) is 0 Å². The second-order valence-corrected chi connectivity index (χ2v) is 11.6. The van der Waals surface area contributed by atoms with Crippen LogP contribution in [-0.2, 0) is 34.3 Å². The maximum atomic E-state index is 13.3. The zero-order valence-electron chi connectivity index (χ0n) is 18.4. The Morgan fingerprint density at radius 3 is 2.52 bits per heavy atom. The highest BCUT2D eigenvalue weighted by Crippen LogP contribution is 2.28. The maximum absolute atomic E-state index is 13.3. The Hall–Kier alpha value is -2.49. The molecule has 33 heavy (non-hydrogen) atoms. The lowest BCUT2D eigenvalue weighted by Gasteiger charge is -2.28. The fourth-order valence-corrected chi connectivity index (χ4v) is 7.23. The number of piperidine rings is 1. The minimum Gasteiger partial charge on any atom is -0.343 e. The van der Waals surface area contributed by atoms with Crippen LogP contribution in [0.25, 0.3) is 10.2 Å². The lowest BCUT2D eigenvalue weighted by Crippen LogP contribution is -2.36. The first-order chi connectivity index (χ1) is 15.9. The lowest BCUT2D eigenvalue weighted by atomic mass is 10.0. The molecular weight excluding hydrogens is 458 g/mol. The van der Waals surface area contributed by atoms with Gasteiger partial charge in [0.2, 0.25) is 15.9 Å². The molecule has 7 nitrogen and oxygen atoms in total. The topological polar surface area (TPSA) is 79.7 Å². The summed E-state index contributed by atoms with van der Waals surface area (Å²) in [5, 5.41) is 0. The van der Waals surface area contributed by atoms with Gasteiger partial charge in [0, 0.05) is 39.1 Å². The number of likely N-dealkylation sites (tertiary alicyclic amines) is 1. The molecule has 9 heteroatoms. The van der Waals surface area contributed by atoms with Crippen molar-refractivity contribution in [3.8, 4) is 0 Å². The predicted molar refractivity (Wildman–Crippen MR) is 129 cm³/mol. The lowest BCUT2D eigenvalue weighted by molar-refractivity contribution is -0.132. The predicted octanol–water partition coefficient (Wildman–Crippen LogP) is 3.21. The van der Waals surface area contributed by atoms with E-state index in [1.807, 2.05) is 29.2 Å². The van der Waals surface area contributed by atoms with E-state index in [-0.39, 0.29) is 22.1 Å². The summed E-state index contributed by atoms with van der Waals surface area (Å²) in [6, 6.07) is 12.8. The Morgan fingerprint density at radius 1 is 0.970 bits per heavy atom. The summed E-state index contributed by atoms with van der Waals surface area (Å²) in [5.74, 6) is 0.0746. The summed E-state index contributed by atoms with van der Waals surface area (Å²) in [6.07, 6.45) is 4.19. The monoisotopic (exact) mass is 485 g/mol. The van der Waals surface area contributed by atoms with E-state index in [1.54, 1.807) is 22.8 Å². The van der Waals surface area contributed by atoms with Crippen LogP contribution in [0, 0.1) is 0 Å². The van der Waals surface area contributed by atoms with Crippen LogP contribution < -0.4 is 4.87 Å². The maximum Gasteiger partial charge on any atom is 0.308 e. The van der Waals surface area contributed by atoms with Crippen molar-refractivity contribution in [2.24, 2.45) is 0 Å². The van der Waals surface area contributed by atoms with Gasteiger partial charge in [-0.25, -0.2) is 8.42 Å². The Morgan fingerprint density at radius 2 is 1.73 bits per heavy atom. The van der Waals surface area contributed by atoms with Crippen LogP contribution in [0.5, 0.6) is 0 Å². The Bertz CT molecular complexity index is 1350. The van der Waals surface area contributed by atoms with Gasteiger partial charge >= 0.3 is 4.87 Å². The number of hydrogen-bond donors (Lipinski definition) is 0. The average molecular weight is 486 g/mol. The molecule has 1 amide bonds. The van der Waals surface area contributed by atoms with E-state index in [0.717, 1.165) is 49.3 Å². The molecule has 1 fully saturated rings. The average Bonchev–Trinajstić information content (AvgIpc) is 3.16. The zero-order chi connectivity index (χ0) is 23.0. The Labute approximate surface area is 197 Å². The third-order valence-electron chi connectivity index (χ3n) is 6.63. The summed E-state index contributed by atoms with van der Waals surface area (Å²) < 4.78 is 30.4. The highest BCUT2D eigenvalue weighted by atomic mass is 32.2. The van der Waals surface area contributed by atoms with Crippen molar-refractivity contribution in [1.29, 1.82) is 0 Å². The molecule has 0 aliphatic carbocycles. The molecule has 1 saturated heterocycles. The zero-order valence-corrected chi connectivity index (χ0v) is 20.0. The molecule has 0 atom stereocenters. The molecule has 2 aromatic carbocycles.